The zero-order valence-corrected chi connectivity index (χ0v) is 21.4. The number of rotatable bonds is 5. The second kappa shape index (κ2) is 8.17. The van der Waals surface area contributed by atoms with E-state index in [2.05, 4.69) is 37.3 Å². The van der Waals surface area contributed by atoms with E-state index in [1.807, 2.05) is 7.05 Å². The topological polar surface area (TPSA) is 90.9 Å². The van der Waals surface area contributed by atoms with Crippen LogP contribution in [-0.4, -0.2) is 39.9 Å². The molecule has 4 aliphatic rings. The molecular formula is C28H42N4O2. The molecular weight excluding hydrogens is 424 g/mol. The maximum Gasteiger partial charge on any atom is 0.157 e. The number of fused-ring (bicyclic) bond motifs is 5. The quantitative estimate of drug-likeness (QED) is 0.674. The normalized spacial score (nSPS) is 45.6. The van der Waals surface area contributed by atoms with Crippen molar-refractivity contribution in [2.24, 2.45) is 39.9 Å². The van der Waals surface area contributed by atoms with E-state index in [1.165, 1.54) is 19.3 Å². The number of carbonyl (C=O) groups excluding carboxylic acids is 1. The molecule has 1 heterocycles. The van der Waals surface area contributed by atoms with Crippen LogP contribution < -0.4 is 5.32 Å². The van der Waals surface area contributed by atoms with Gasteiger partial charge in [-0.05, 0) is 98.8 Å². The van der Waals surface area contributed by atoms with E-state index in [1.54, 1.807) is 17.1 Å². The van der Waals surface area contributed by atoms with Gasteiger partial charge in [0.15, 0.2) is 5.78 Å². The second-order valence-corrected chi connectivity index (χ2v) is 13.0. The van der Waals surface area contributed by atoms with Crippen LogP contribution in [0.4, 0.5) is 0 Å². The minimum Gasteiger partial charge on any atom is -0.389 e. The van der Waals surface area contributed by atoms with Gasteiger partial charge in [0, 0.05) is 18.7 Å². The predicted octanol–water partition coefficient (Wildman–Crippen LogP) is 4.32. The summed E-state index contributed by atoms with van der Waals surface area (Å²) in [5.74, 6) is 2.22. The first-order valence-electron chi connectivity index (χ1n) is 13.4. The summed E-state index contributed by atoms with van der Waals surface area (Å²) in [5, 5.41) is 27.7. The third kappa shape index (κ3) is 3.49. The Morgan fingerprint density at radius 3 is 2.56 bits per heavy atom. The summed E-state index contributed by atoms with van der Waals surface area (Å²) < 4.78 is 1.64. The molecule has 4 aliphatic carbocycles. The van der Waals surface area contributed by atoms with Crippen LogP contribution in [-0.2, 0) is 11.3 Å². The Hall–Kier alpha value is -1.71. The highest BCUT2D eigenvalue weighted by molar-refractivity contribution is 5.82. The van der Waals surface area contributed by atoms with Crippen LogP contribution >= 0.6 is 0 Å². The number of hydrogen-bond donors (Lipinski definition) is 2. The monoisotopic (exact) mass is 466 g/mol. The van der Waals surface area contributed by atoms with Crippen LogP contribution in [0.25, 0.3) is 0 Å². The maximum atomic E-state index is 13.5. The van der Waals surface area contributed by atoms with E-state index in [4.69, 9.17) is 5.26 Å². The first kappa shape index (κ1) is 24.0. The van der Waals surface area contributed by atoms with Gasteiger partial charge in [-0.2, -0.15) is 10.4 Å². The molecule has 186 valence electrons. The fourth-order valence-electron chi connectivity index (χ4n) is 9.80. The van der Waals surface area contributed by atoms with Gasteiger partial charge in [0.2, 0.25) is 0 Å². The van der Waals surface area contributed by atoms with Crippen LogP contribution in [0.3, 0.4) is 0 Å². The predicted molar refractivity (Wildman–Crippen MR) is 131 cm³/mol. The van der Waals surface area contributed by atoms with Crippen molar-refractivity contribution in [3.8, 4) is 6.07 Å². The number of hydrogen-bond acceptors (Lipinski definition) is 5. The highest BCUT2D eigenvalue weighted by Gasteiger charge is 2.66. The van der Waals surface area contributed by atoms with Gasteiger partial charge in [-0.25, -0.2) is 0 Å². The van der Waals surface area contributed by atoms with Gasteiger partial charge < -0.3 is 10.4 Å². The summed E-state index contributed by atoms with van der Waals surface area (Å²) >= 11 is 0. The third-order valence-corrected chi connectivity index (χ3v) is 11.4. The Kier molecular flexibility index (Phi) is 5.77. The Balaban J connectivity index is 1.36. The molecule has 2 N–H and O–H groups in total. The summed E-state index contributed by atoms with van der Waals surface area (Å²) in [6.45, 7) is 8.45. The van der Waals surface area contributed by atoms with Gasteiger partial charge in [0.1, 0.15) is 6.07 Å². The number of nitriles is 1. The van der Waals surface area contributed by atoms with Gasteiger partial charge in [0.25, 0.3) is 0 Å². The largest absolute Gasteiger partial charge is 0.389 e. The van der Waals surface area contributed by atoms with E-state index in [0.717, 1.165) is 38.5 Å². The van der Waals surface area contributed by atoms with Crippen molar-refractivity contribution < 1.29 is 9.90 Å². The van der Waals surface area contributed by atoms with Crippen LogP contribution in [0.5, 0.6) is 0 Å². The van der Waals surface area contributed by atoms with E-state index in [9.17, 15) is 9.90 Å². The lowest BCUT2D eigenvalue weighted by atomic mass is 9.39. The van der Waals surface area contributed by atoms with Crippen molar-refractivity contribution in [1.82, 2.24) is 15.1 Å². The number of likely N-dealkylation sites (N-methyl/N-ethyl adjacent to an activating group) is 1. The van der Waals surface area contributed by atoms with Crippen LogP contribution in [0.2, 0.25) is 0 Å². The molecule has 34 heavy (non-hydrogen) atoms. The number of aromatic nitrogens is 2. The summed E-state index contributed by atoms with van der Waals surface area (Å²) in [6, 6.07) is 2.10. The second-order valence-electron chi connectivity index (χ2n) is 13.0. The van der Waals surface area contributed by atoms with Crippen molar-refractivity contribution in [2.75, 3.05) is 13.6 Å². The van der Waals surface area contributed by atoms with E-state index >= 15 is 0 Å². The molecule has 5 rings (SSSR count). The van der Waals surface area contributed by atoms with Crippen molar-refractivity contribution in [2.45, 2.75) is 90.7 Å². The number of ketones is 1. The van der Waals surface area contributed by atoms with Gasteiger partial charge >= 0.3 is 0 Å². The molecule has 1 aromatic rings. The maximum absolute atomic E-state index is 13.5. The van der Waals surface area contributed by atoms with Crippen molar-refractivity contribution in [3.63, 3.8) is 0 Å². The molecule has 6 nitrogen and oxygen atoms in total. The lowest BCUT2D eigenvalue weighted by Gasteiger charge is -2.66. The van der Waals surface area contributed by atoms with Gasteiger partial charge in [-0.3, -0.25) is 9.48 Å². The fourth-order valence-corrected chi connectivity index (χ4v) is 9.80. The molecule has 4 saturated carbocycles. The van der Waals surface area contributed by atoms with Crippen molar-refractivity contribution in [3.05, 3.63) is 18.0 Å². The Morgan fingerprint density at radius 1 is 1.12 bits per heavy atom. The lowest BCUT2D eigenvalue weighted by molar-refractivity contribution is -0.188. The zero-order valence-electron chi connectivity index (χ0n) is 21.4. The number of aliphatic hydroxyl groups is 1. The van der Waals surface area contributed by atoms with Crippen molar-refractivity contribution >= 4 is 5.78 Å². The average Bonchev–Trinajstić information content (AvgIpc) is 3.39. The SMILES string of the molecule is CNC[C@@]1(O)CC[C@@]2(C)[C@@H](CC[C@]3(C)[C@@H]2CC[C@@]2(C)[C@H]3CC[C@@H]2C(=O)Cn2cc(C#N)cn2)C1. The molecule has 0 unspecified atom stereocenters. The van der Waals surface area contributed by atoms with Crippen LogP contribution in [0.15, 0.2) is 12.4 Å². The van der Waals surface area contributed by atoms with Crippen molar-refractivity contribution in [1.29, 1.82) is 5.26 Å². The van der Waals surface area contributed by atoms with E-state index in [-0.39, 0.29) is 29.1 Å². The van der Waals surface area contributed by atoms with E-state index < -0.39 is 5.60 Å². The third-order valence-electron chi connectivity index (χ3n) is 11.4. The molecule has 0 saturated heterocycles. The number of Topliss-reactive ketones (excluding diaryl/α,β-unsaturated/α-hetero) is 1. The number of nitrogens with one attached hydrogen (secondary N) is 1. The fraction of sp³-hybridized carbons (Fsp3) is 0.821. The Bertz CT molecular complexity index is 999. The molecule has 0 bridgehead atoms. The van der Waals surface area contributed by atoms with Crippen LogP contribution in [0, 0.1) is 51.2 Å². The molecule has 0 spiro atoms. The minimum atomic E-state index is -0.557. The molecule has 0 radical (unpaired) electrons. The summed E-state index contributed by atoms with van der Waals surface area (Å²) in [7, 11) is 1.94. The minimum absolute atomic E-state index is 0.0538. The standard InChI is InChI=1S/C28H42N4O2/c1-25-11-12-28(34,18-30-4)13-20(25)7-9-27(3)23-6-5-21(26(23,2)10-8-24(25)27)22(33)17-32-16-19(14-29)15-31-32/h15-16,20-21,23-24,30,34H,5-13,17-18H2,1-4H3/t20-,21+,23+,24+,25-,26+,27-,28+/m0/s1. The summed E-state index contributed by atoms with van der Waals surface area (Å²) in [6.07, 6.45) is 13.0. The number of carbonyl (C=O) groups is 1. The average molecular weight is 467 g/mol. The van der Waals surface area contributed by atoms with Gasteiger partial charge in [-0.15, -0.1) is 0 Å². The molecule has 6 heteroatoms. The first-order chi connectivity index (χ1) is 16.1. The van der Waals surface area contributed by atoms with Crippen LogP contribution in [0.1, 0.15) is 84.1 Å². The smallest absolute Gasteiger partial charge is 0.157 e. The molecule has 0 aliphatic heterocycles. The lowest BCUT2D eigenvalue weighted by Crippen LogP contribution is -2.61. The molecule has 8 atom stereocenters. The van der Waals surface area contributed by atoms with Gasteiger partial charge in [0.05, 0.1) is 23.9 Å². The summed E-state index contributed by atoms with van der Waals surface area (Å²) in [5.41, 5.74) is 0.567. The first-order valence-corrected chi connectivity index (χ1v) is 13.4. The molecule has 1 aromatic heterocycles. The zero-order chi connectivity index (χ0) is 24.4. The molecule has 0 aromatic carbocycles. The molecule has 0 amide bonds. The van der Waals surface area contributed by atoms with E-state index in [0.29, 0.717) is 35.3 Å². The highest BCUT2D eigenvalue weighted by atomic mass is 16.3. The number of nitrogens with zero attached hydrogens (tertiary/aromatic N) is 3. The van der Waals surface area contributed by atoms with Gasteiger partial charge in [-0.1, -0.05) is 20.8 Å². The Labute approximate surface area is 204 Å². The Morgan fingerprint density at radius 2 is 1.85 bits per heavy atom. The highest BCUT2D eigenvalue weighted by Crippen LogP contribution is 2.72. The summed E-state index contributed by atoms with van der Waals surface area (Å²) in [4.78, 5) is 13.5. The molecule has 4 fully saturated rings.